The highest BCUT2D eigenvalue weighted by molar-refractivity contribution is 5.86. The zero-order valence-electron chi connectivity index (χ0n) is 12.0. The molecule has 6 heteroatoms. The van der Waals surface area contributed by atoms with Crippen molar-refractivity contribution in [3.63, 3.8) is 0 Å². The molecule has 0 bridgehead atoms. The number of aromatic nitrogens is 2. The third-order valence-corrected chi connectivity index (χ3v) is 3.41. The van der Waals surface area contributed by atoms with Gasteiger partial charge in [0.25, 0.3) is 0 Å². The lowest BCUT2D eigenvalue weighted by atomic mass is 9.95. The monoisotopic (exact) mass is 305 g/mol. The average molecular weight is 305 g/mol. The molecule has 1 aromatic heterocycles. The lowest BCUT2D eigenvalue weighted by Crippen LogP contribution is -2.05. The van der Waals surface area contributed by atoms with Crippen LogP contribution in [0.4, 0.5) is 16.2 Å². The molecular formula is C17H12FN5. The summed E-state index contributed by atoms with van der Waals surface area (Å²) in [5.41, 5.74) is 13.4. The minimum atomic E-state index is -0.367. The van der Waals surface area contributed by atoms with Crippen LogP contribution in [0.5, 0.6) is 0 Å². The molecule has 112 valence electrons. The van der Waals surface area contributed by atoms with Crippen molar-refractivity contribution in [1.82, 2.24) is 9.97 Å². The van der Waals surface area contributed by atoms with Crippen LogP contribution >= 0.6 is 0 Å². The SMILES string of the molecule is N#Cc1c(N)nc(N)nc1-c1ccccc1-c1ccccc1F. The Labute approximate surface area is 132 Å². The molecule has 0 aliphatic heterocycles. The number of nitrogens with two attached hydrogens (primary N) is 2. The molecule has 0 radical (unpaired) electrons. The summed E-state index contributed by atoms with van der Waals surface area (Å²) >= 11 is 0. The van der Waals surface area contributed by atoms with Gasteiger partial charge in [-0.3, -0.25) is 0 Å². The molecule has 0 saturated carbocycles. The van der Waals surface area contributed by atoms with Crippen molar-refractivity contribution in [3.05, 3.63) is 59.9 Å². The van der Waals surface area contributed by atoms with Crippen molar-refractivity contribution < 1.29 is 4.39 Å². The van der Waals surface area contributed by atoms with Crippen LogP contribution in [0, 0.1) is 17.1 Å². The van der Waals surface area contributed by atoms with Crippen LogP contribution in [-0.4, -0.2) is 9.97 Å². The number of rotatable bonds is 2. The molecule has 23 heavy (non-hydrogen) atoms. The second-order valence-electron chi connectivity index (χ2n) is 4.83. The predicted molar refractivity (Wildman–Crippen MR) is 86.4 cm³/mol. The van der Waals surface area contributed by atoms with Gasteiger partial charge < -0.3 is 11.5 Å². The van der Waals surface area contributed by atoms with Crippen molar-refractivity contribution >= 4 is 11.8 Å². The highest BCUT2D eigenvalue weighted by Gasteiger charge is 2.17. The van der Waals surface area contributed by atoms with Crippen LogP contribution in [0.15, 0.2) is 48.5 Å². The molecule has 0 unspecified atom stereocenters. The highest BCUT2D eigenvalue weighted by Crippen LogP contribution is 2.35. The second-order valence-corrected chi connectivity index (χ2v) is 4.83. The van der Waals surface area contributed by atoms with Crippen molar-refractivity contribution in [1.29, 1.82) is 5.26 Å². The molecular weight excluding hydrogens is 293 g/mol. The van der Waals surface area contributed by atoms with Crippen molar-refractivity contribution in [2.45, 2.75) is 0 Å². The van der Waals surface area contributed by atoms with Gasteiger partial charge >= 0.3 is 0 Å². The molecule has 0 atom stereocenters. The standard InChI is InChI=1S/C17H12FN5/c18-14-8-4-3-6-11(14)10-5-1-2-7-12(10)15-13(9-19)16(20)23-17(21)22-15/h1-8H,(H4,20,21,22,23). The predicted octanol–water partition coefficient (Wildman–Crippen LogP) is 2.99. The van der Waals surface area contributed by atoms with Crippen LogP contribution in [0.3, 0.4) is 0 Å². The Morgan fingerprint density at radius 1 is 0.870 bits per heavy atom. The maximum Gasteiger partial charge on any atom is 0.222 e. The molecule has 0 saturated heterocycles. The summed E-state index contributed by atoms with van der Waals surface area (Å²) in [6.45, 7) is 0. The average Bonchev–Trinajstić information content (AvgIpc) is 2.55. The first-order valence-corrected chi connectivity index (χ1v) is 6.79. The number of benzene rings is 2. The number of hydrogen-bond donors (Lipinski definition) is 2. The molecule has 0 aliphatic carbocycles. The van der Waals surface area contributed by atoms with E-state index in [0.717, 1.165) is 0 Å². The molecule has 2 aromatic carbocycles. The molecule has 5 nitrogen and oxygen atoms in total. The summed E-state index contributed by atoms with van der Waals surface area (Å²) in [6, 6.07) is 15.4. The Morgan fingerprint density at radius 2 is 1.48 bits per heavy atom. The third kappa shape index (κ3) is 2.56. The summed E-state index contributed by atoms with van der Waals surface area (Å²) in [5, 5.41) is 9.34. The van der Waals surface area contributed by atoms with E-state index in [1.807, 2.05) is 6.07 Å². The minimum absolute atomic E-state index is 0.00154. The Balaban J connectivity index is 2.33. The Hall–Kier alpha value is -3.46. The third-order valence-electron chi connectivity index (χ3n) is 3.41. The van der Waals surface area contributed by atoms with Crippen LogP contribution in [0.2, 0.25) is 0 Å². The summed E-state index contributed by atoms with van der Waals surface area (Å²) in [4.78, 5) is 7.93. The zero-order chi connectivity index (χ0) is 16.4. The van der Waals surface area contributed by atoms with Gasteiger partial charge in [0.15, 0.2) is 0 Å². The van der Waals surface area contributed by atoms with E-state index >= 15 is 0 Å². The number of nitriles is 1. The van der Waals surface area contributed by atoms with E-state index in [1.54, 1.807) is 42.5 Å². The quantitative estimate of drug-likeness (QED) is 0.757. The van der Waals surface area contributed by atoms with E-state index in [-0.39, 0.29) is 28.8 Å². The van der Waals surface area contributed by atoms with Gasteiger partial charge in [-0.15, -0.1) is 0 Å². The number of nitrogen functional groups attached to an aromatic ring is 2. The summed E-state index contributed by atoms with van der Waals surface area (Å²) in [7, 11) is 0. The van der Waals surface area contributed by atoms with Gasteiger partial charge in [0.2, 0.25) is 5.95 Å². The van der Waals surface area contributed by atoms with Crippen LogP contribution < -0.4 is 11.5 Å². The first kappa shape index (κ1) is 14.5. The van der Waals surface area contributed by atoms with Crippen molar-refractivity contribution in [2.75, 3.05) is 11.5 Å². The number of nitrogens with zero attached hydrogens (tertiary/aromatic N) is 3. The van der Waals surface area contributed by atoms with E-state index < -0.39 is 0 Å². The summed E-state index contributed by atoms with van der Waals surface area (Å²) < 4.78 is 14.2. The maximum absolute atomic E-state index is 14.2. The fourth-order valence-electron chi connectivity index (χ4n) is 2.41. The fourth-order valence-corrected chi connectivity index (χ4v) is 2.41. The van der Waals surface area contributed by atoms with E-state index in [2.05, 4.69) is 9.97 Å². The Kier molecular flexibility index (Phi) is 3.61. The largest absolute Gasteiger partial charge is 0.382 e. The molecule has 1 heterocycles. The van der Waals surface area contributed by atoms with Crippen molar-refractivity contribution in [2.24, 2.45) is 0 Å². The van der Waals surface area contributed by atoms with E-state index in [1.165, 1.54) is 6.07 Å². The molecule has 0 fully saturated rings. The topological polar surface area (TPSA) is 102 Å². The van der Waals surface area contributed by atoms with Gasteiger partial charge in [0.05, 0.1) is 5.69 Å². The Bertz CT molecular complexity index is 931. The smallest absolute Gasteiger partial charge is 0.222 e. The number of hydrogen-bond acceptors (Lipinski definition) is 5. The summed E-state index contributed by atoms with van der Waals surface area (Å²) in [5.74, 6) is -0.411. The number of halogens is 1. The highest BCUT2D eigenvalue weighted by atomic mass is 19.1. The van der Waals surface area contributed by atoms with Gasteiger partial charge in [0.1, 0.15) is 23.3 Å². The Morgan fingerprint density at radius 3 is 2.13 bits per heavy atom. The normalized spacial score (nSPS) is 10.3. The first-order chi connectivity index (χ1) is 11.1. The van der Waals surface area contributed by atoms with E-state index in [4.69, 9.17) is 11.5 Å². The van der Waals surface area contributed by atoms with Gasteiger partial charge in [-0.25, -0.2) is 9.37 Å². The molecule has 0 spiro atoms. The van der Waals surface area contributed by atoms with Crippen LogP contribution in [0.25, 0.3) is 22.4 Å². The van der Waals surface area contributed by atoms with E-state index in [0.29, 0.717) is 16.7 Å². The minimum Gasteiger partial charge on any atom is -0.382 e. The molecule has 3 rings (SSSR count). The second kappa shape index (κ2) is 5.73. The molecule has 0 amide bonds. The lowest BCUT2D eigenvalue weighted by Gasteiger charge is -2.12. The van der Waals surface area contributed by atoms with Gasteiger partial charge in [-0.1, -0.05) is 42.5 Å². The van der Waals surface area contributed by atoms with Gasteiger partial charge in [-0.2, -0.15) is 10.2 Å². The fraction of sp³-hybridized carbons (Fsp3) is 0. The van der Waals surface area contributed by atoms with E-state index in [9.17, 15) is 9.65 Å². The first-order valence-electron chi connectivity index (χ1n) is 6.79. The molecule has 4 N–H and O–H groups in total. The summed E-state index contributed by atoms with van der Waals surface area (Å²) in [6.07, 6.45) is 0. The van der Waals surface area contributed by atoms with Crippen LogP contribution in [-0.2, 0) is 0 Å². The number of anilines is 2. The maximum atomic E-state index is 14.2. The van der Waals surface area contributed by atoms with Crippen molar-refractivity contribution in [3.8, 4) is 28.5 Å². The lowest BCUT2D eigenvalue weighted by molar-refractivity contribution is 0.631. The molecule has 0 aliphatic rings. The molecule has 3 aromatic rings. The van der Waals surface area contributed by atoms with Gasteiger partial charge in [-0.05, 0) is 11.6 Å². The van der Waals surface area contributed by atoms with Gasteiger partial charge in [0, 0.05) is 11.1 Å². The van der Waals surface area contributed by atoms with Crippen LogP contribution in [0.1, 0.15) is 5.56 Å². The zero-order valence-corrected chi connectivity index (χ0v) is 12.0.